The van der Waals surface area contributed by atoms with Gasteiger partial charge in [-0.1, -0.05) is 36.0 Å². The van der Waals surface area contributed by atoms with Crippen LogP contribution in [0.1, 0.15) is 69.8 Å². The smallest absolute Gasteiger partial charge is 0.171 e. The van der Waals surface area contributed by atoms with Gasteiger partial charge in [0.15, 0.2) is 12.4 Å². The molecule has 2 nitrogen and oxygen atoms in total. The van der Waals surface area contributed by atoms with E-state index in [1.54, 1.807) is 5.57 Å². The zero-order valence-corrected chi connectivity index (χ0v) is 17.7. The third-order valence-corrected chi connectivity index (χ3v) is 5.92. The Kier molecular flexibility index (Phi) is 9.56. The van der Waals surface area contributed by atoms with Crippen molar-refractivity contribution in [3.8, 4) is 0 Å². The molecule has 1 aromatic rings. The van der Waals surface area contributed by atoms with Crippen LogP contribution in [-0.4, -0.2) is 24.5 Å². The molecular formula is C26H39N2+. The Labute approximate surface area is 172 Å². The summed E-state index contributed by atoms with van der Waals surface area (Å²) in [4.78, 5) is 2.67. The molecule has 0 spiro atoms. The molecule has 1 atom stereocenters. The van der Waals surface area contributed by atoms with Crippen molar-refractivity contribution in [1.82, 2.24) is 4.90 Å². The Morgan fingerprint density at radius 1 is 0.750 bits per heavy atom. The number of nitrogens with zero attached hydrogens (tertiary/aromatic N) is 2. The number of pyridine rings is 1. The van der Waals surface area contributed by atoms with Crippen molar-refractivity contribution in [2.24, 2.45) is 0 Å². The first kappa shape index (κ1) is 21.0. The molecule has 2 heteroatoms. The van der Waals surface area contributed by atoms with E-state index >= 15 is 0 Å². The van der Waals surface area contributed by atoms with Crippen LogP contribution in [0.5, 0.6) is 0 Å². The Balaban J connectivity index is 1.51. The van der Waals surface area contributed by atoms with Crippen molar-refractivity contribution in [3.05, 3.63) is 66.0 Å². The van der Waals surface area contributed by atoms with Gasteiger partial charge in [0.1, 0.15) is 6.54 Å². The van der Waals surface area contributed by atoms with E-state index in [2.05, 4.69) is 64.4 Å². The lowest BCUT2D eigenvalue weighted by molar-refractivity contribution is -0.697. The molecule has 0 saturated carbocycles. The number of hydrogen-bond donors (Lipinski definition) is 0. The van der Waals surface area contributed by atoms with Crippen LogP contribution in [0.3, 0.4) is 0 Å². The SMILES string of the molecule is C1=C2CC/C=C\CCCC[n+]3cccc(c3)CC/C=C\CCCCN(CC1)C2. The number of fused-ring (bicyclic) bond motifs is 4. The lowest BCUT2D eigenvalue weighted by Crippen LogP contribution is -2.33. The molecule has 1 unspecified atom stereocenters. The highest BCUT2D eigenvalue weighted by molar-refractivity contribution is 5.09. The molecule has 2 aliphatic rings. The first-order valence-electron chi connectivity index (χ1n) is 11.6. The predicted molar refractivity (Wildman–Crippen MR) is 119 cm³/mol. The molecule has 3 heterocycles. The number of hydrogen-bond acceptors (Lipinski definition) is 1. The van der Waals surface area contributed by atoms with Crippen molar-refractivity contribution in [2.45, 2.75) is 77.2 Å². The molecule has 0 saturated heterocycles. The highest BCUT2D eigenvalue weighted by Gasteiger charge is 2.11. The second kappa shape index (κ2) is 12.7. The molecule has 2 aliphatic heterocycles. The fourth-order valence-electron chi connectivity index (χ4n) is 4.26. The first-order chi connectivity index (χ1) is 13.9. The van der Waals surface area contributed by atoms with Crippen molar-refractivity contribution >= 4 is 0 Å². The number of allylic oxidation sites excluding steroid dienone is 4. The molecule has 0 radical (unpaired) electrons. The summed E-state index contributed by atoms with van der Waals surface area (Å²) in [6.07, 6.45) is 30.3. The fourth-order valence-corrected chi connectivity index (χ4v) is 4.26. The van der Waals surface area contributed by atoms with Crippen LogP contribution in [-0.2, 0) is 13.0 Å². The molecule has 0 fully saturated rings. The first-order valence-corrected chi connectivity index (χ1v) is 11.6. The summed E-state index contributed by atoms with van der Waals surface area (Å²) >= 11 is 0. The highest BCUT2D eigenvalue weighted by Crippen LogP contribution is 2.16. The Bertz CT molecular complexity index is 656. The minimum Gasteiger partial charge on any atom is -0.299 e. The minimum atomic E-state index is 1.14. The van der Waals surface area contributed by atoms with Gasteiger partial charge in [0.25, 0.3) is 0 Å². The maximum atomic E-state index is 2.67. The third kappa shape index (κ3) is 8.14. The summed E-state index contributed by atoms with van der Waals surface area (Å²) in [5, 5.41) is 0. The van der Waals surface area contributed by atoms with Crippen molar-refractivity contribution in [1.29, 1.82) is 0 Å². The lowest BCUT2D eigenvalue weighted by atomic mass is 10.0. The molecule has 1 aromatic heterocycles. The topological polar surface area (TPSA) is 7.12 Å². The van der Waals surface area contributed by atoms with E-state index in [1.807, 2.05) is 0 Å². The zero-order chi connectivity index (χ0) is 19.3. The van der Waals surface area contributed by atoms with Crippen LogP contribution < -0.4 is 4.57 Å². The molecule has 0 amide bonds. The van der Waals surface area contributed by atoms with Crippen LogP contribution in [0.25, 0.3) is 0 Å². The maximum absolute atomic E-state index is 2.67. The van der Waals surface area contributed by atoms with Gasteiger partial charge < -0.3 is 0 Å². The van der Waals surface area contributed by atoms with Gasteiger partial charge in [-0.15, -0.1) is 0 Å². The molecule has 0 aromatic carbocycles. The quantitative estimate of drug-likeness (QED) is 0.409. The summed E-state index contributed by atoms with van der Waals surface area (Å²) in [7, 11) is 0. The number of aryl methyl sites for hydroxylation is 2. The average Bonchev–Trinajstić information content (AvgIpc) is 2.72. The van der Waals surface area contributed by atoms with Gasteiger partial charge in [0.05, 0.1) is 0 Å². The Hall–Kier alpha value is -1.67. The van der Waals surface area contributed by atoms with Gasteiger partial charge in [-0.05, 0) is 76.8 Å². The molecule has 0 aliphatic carbocycles. The largest absolute Gasteiger partial charge is 0.299 e. The van der Waals surface area contributed by atoms with Gasteiger partial charge in [-0.3, -0.25) is 4.90 Å². The van der Waals surface area contributed by atoms with E-state index in [-0.39, 0.29) is 0 Å². The van der Waals surface area contributed by atoms with Gasteiger partial charge in [0.2, 0.25) is 0 Å². The third-order valence-electron chi connectivity index (χ3n) is 5.92. The van der Waals surface area contributed by atoms with Gasteiger partial charge >= 0.3 is 0 Å². The minimum absolute atomic E-state index is 1.14. The number of aromatic nitrogens is 1. The van der Waals surface area contributed by atoms with E-state index < -0.39 is 0 Å². The monoisotopic (exact) mass is 379 g/mol. The molecule has 4 bridgehead atoms. The van der Waals surface area contributed by atoms with Gasteiger partial charge in [-0.25, -0.2) is 4.57 Å². The standard InChI is InChI=1S/C26H39N2/c1-3-7-11-19-27-21-14-18-26(24-27)16-10-6-2-4-8-12-20-28-22-13-17-25(23-28)15-9-5-1/h1-2,5-6,13,17-18,22-23H,3-4,7-12,14-16,19-21,24H2/q+1/b5-1-,6-2-. The normalized spacial score (nSPS) is 25.6. The fraction of sp³-hybridized carbons (Fsp3) is 0.577. The molecule has 3 rings (SSSR count). The van der Waals surface area contributed by atoms with E-state index in [9.17, 15) is 0 Å². The van der Waals surface area contributed by atoms with E-state index in [1.165, 1.54) is 83.0 Å². The second-order valence-electron chi connectivity index (χ2n) is 8.39. The van der Waals surface area contributed by atoms with Gasteiger partial charge in [-0.2, -0.15) is 0 Å². The second-order valence-corrected chi connectivity index (χ2v) is 8.39. The van der Waals surface area contributed by atoms with Crippen LogP contribution in [0.15, 0.2) is 60.5 Å². The lowest BCUT2D eigenvalue weighted by Gasteiger charge is -2.27. The highest BCUT2D eigenvalue weighted by atomic mass is 15.1. The summed E-state index contributed by atoms with van der Waals surface area (Å²) in [5.74, 6) is 0. The molecule has 0 N–H and O–H groups in total. The average molecular weight is 380 g/mol. The van der Waals surface area contributed by atoms with E-state index in [0.717, 1.165) is 19.4 Å². The summed E-state index contributed by atoms with van der Waals surface area (Å²) in [6, 6.07) is 4.48. The van der Waals surface area contributed by atoms with Crippen molar-refractivity contribution in [3.63, 3.8) is 0 Å². The van der Waals surface area contributed by atoms with Crippen LogP contribution in [0, 0.1) is 0 Å². The Morgan fingerprint density at radius 2 is 1.54 bits per heavy atom. The van der Waals surface area contributed by atoms with Crippen molar-refractivity contribution < 1.29 is 4.57 Å². The number of rotatable bonds is 0. The van der Waals surface area contributed by atoms with Crippen LogP contribution in [0.2, 0.25) is 0 Å². The van der Waals surface area contributed by atoms with Crippen LogP contribution in [0.4, 0.5) is 0 Å². The van der Waals surface area contributed by atoms with Gasteiger partial charge in [0, 0.05) is 31.1 Å². The van der Waals surface area contributed by atoms with E-state index in [0.29, 0.717) is 0 Å². The summed E-state index contributed by atoms with van der Waals surface area (Å²) in [6.45, 7) is 4.87. The molecule has 28 heavy (non-hydrogen) atoms. The predicted octanol–water partition coefficient (Wildman–Crippen LogP) is 5.79. The Morgan fingerprint density at radius 3 is 2.43 bits per heavy atom. The summed E-state index contributed by atoms with van der Waals surface area (Å²) in [5.41, 5.74) is 3.12. The summed E-state index contributed by atoms with van der Waals surface area (Å²) < 4.78 is 2.37. The van der Waals surface area contributed by atoms with Crippen molar-refractivity contribution in [2.75, 3.05) is 19.6 Å². The molecule has 152 valence electrons. The van der Waals surface area contributed by atoms with E-state index in [4.69, 9.17) is 0 Å². The molecular weight excluding hydrogens is 340 g/mol. The maximum Gasteiger partial charge on any atom is 0.171 e. The van der Waals surface area contributed by atoms with Crippen LogP contribution >= 0.6 is 0 Å². The zero-order valence-electron chi connectivity index (χ0n) is 17.7.